The van der Waals surface area contributed by atoms with E-state index in [9.17, 15) is 9.59 Å². The lowest BCUT2D eigenvalue weighted by atomic mass is 9.73. The third-order valence-electron chi connectivity index (χ3n) is 5.54. The lowest BCUT2D eigenvalue weighted by molar-refractivity contribution is -0.134. The molecular formula is C20H27BrN2O4. The molecule has 1 aliphatic heterocycles. The molecule has 148 valence electrons. The summed E-state index contributed by atoms with van der Waals surface area (Å²) >= 11 is 3.54. The average molecular weight is 439 g/mol. The molecule has 1 saturated heterocycles. The van der Waals surface area contributed by atoms with Crippen LogP contribution in [-0.4, -0.2) is 35.6 Å². The Morgan fingerprint density at radius 1 is 1.19 bits per heavy atom. The molecule has 0 radical (unpaired) electrons. The Bertz CT molecular complexity index is 739. The molecular weight excluding hydrogens is 412 g/mol. The van der Waals surface area contributed by atoms with Crippen LogP contribution in [0.1, 0.15) is 52.0 Å². The minimum atomic E-state index is -0.740. The number of hydrogen-bond donors (Lipinski definition) is 1. The van der Waals surface area contributed by atoms with Crippen LogP contribution in [0, 0.1) is 5.92 Å². The minimum Gasteiger partial charge on any atom is -0.490 e. The number of carbonyl (C=O) groups is 2. The zero-order valence-corrected chi connectivity index (χ0v) is 17.7. The van der Waals surface area contributed by atoms with Crippen LogP contribution in [0.5, 0.6) is 11.5 Å². The van der Waals surface area contributed by atoms with E-state index in [1.54, 1.807) is 0 Å². The molecule has 3 rings (SSSR count). The Labute approximate surface area is 168 Å². The first-order chi connectivity index (χ1) is 12.9. The van der Waals surface area contributed by atoms with Gasteiger partial charge in [-0.05, 0) is 50.3 Å². The van der Waals surface area contributed by atoms with Crippen molar-refractivity contribution in [1.82, 2.24) is 10.2 Å². The summed E-state index contributed by atoms with van der Waals surface area (Å²) < 4.78 is 12.1. The molecule has 3 amide bonds. The third kappa shape index (κ3) is 3.66. The van der Waals surface area contributed by atoms with E-state index in [2.05, 4.69) is 28.2 Å². The summed E-state index contributed by atoms with van der Waals surface area (Å²) in [6.45, 7) is 7.11. The third-order valence-corrected chi connectivity index (χ3v) is 6.28. The van der Waals surface area contributed by atoms with Gasteiger partial charge in [0.2, 0.25) is 0 Å². The van der Waals surface area contributed by atoms with E-state index in [-0.39, 0.29) is 24.4 Å². The highest BCUT2D eigenvalue weighted by molar-refractivity contribution is 9.10. The van der Waals surface area contributed by atoms with E-state index >= 15 is 0 Å². The second-order valence-corrected chi connectivity index (χ2v) is 8.05. The Kier molecular flexibility index (Phi) is 5.99. The van der Waals surface area contributed by atoms with Crippen molar-refractivity contribution in [3.63, 3.8) is 0 Å². The summed E-state index contributed by atoms with van der Waals surface area (Å²) in [5.41, 5.74) is 0.0708. The minimum absolute atomic E-state index is 0.113. The fourth-order valence-electron chi connectivity index (χ4n) is 4.04. The van der Waals surface area contributed by atoms with E-state index in [1.807, 2.05) is 26.0 Å². The van der Waals surface area contributed by atoms with Gasteiger partial charge in [0, 0.05) is 4.47 Å². The Hall–Kier alpha value is -1.76. The predicted molar refractivity (Wildman–Crippen MR) is 106 cm³/mol. The number of nitrogens with one attached hydrogen (secondary N) is 1. The van der Waals surface area contributed by atoms with Gasteiger partial charge in [-0.25, -0.2) is 4.79 Å². The number of urea groups is 1. The molecule has 27 heavy (non-hydrogen) atoms. The largest absolute Gasteiger partial charge is 0.490 e. The zero-order valence-electron chi connectivity index (χ0n) is 16.1. The number of amides is 3. The lowest BCUT2D eigenvalue weighted by Crippen LogP contribution is -2.53. The van der Waals surface area contributed by atoms with Crippen molar-refractivity contribution in [2.45, 2.75) is 58.5 Å². The highest BCUT2D eigenvalue weighted by Gasteiger charge is 2.54. The Morgan fingerprint density at radius 2 is 1.85 bits per heavy atom. The number of imide groups is 1. The summed E-state index contributed by atoms with van der Waals surface area (Å²) in [5, 5.41) is 3.00. The number of nitrogens with zero attached hydrogens (tertiary/aromatic N) is 1. The molecule has 1 N–H and O–H groups in total. The maximum absolute atomic E-state index is 13.2. The van der Waals surface area contributed by atoms with Gasteiger partial charge in [-0.2, -0.15) is 0 Å². The highest BCUT2D eigenvalue weighted by atomic mass is 79.9. The van der Waals surface area contributed by atoms with E-state index in [1.165, 1.54) is 4.90 Å². The van der Waals surface area contributed by atoms with Crippen molar-refractivity contribution in [1.29, 1.82) is 0 Å². The van der Waals surface area contributed by atoms with Crippen molar-refractivity contribution in [2.24, 2.45) is 5.92 Å². The van der Waals surface area contributed by atoms with Crippen LogP contribution in [0.4, 0.5) is 4.79 Å². The molecule has 1 aromatic carbocycles. The molecule has 2 fully saturated rings. The standard InChI is InChI=1S/C20H27BrN2O4/c1-4-26-16-10-14(15(21)11-17(16)27-5-2)12-23-18(24)20(22-19(23)25)9-7-6-8-13(20)3/h10-11,13H,4-9,12H2,1-3H3,(H,22,25)/t13-,20-/m0/s1. The fourth-order valence-corrected chi connectivity index (χ4v) is 4.49. The Morgan fingerprint density at radius 3 is 2.48 bits per heavy atom. The Balaban J connectivity index is 1.87. The number of ether oxygens (including phenoxy) is 2. The first-order valence-electron chi connectivity index (χ1n) is 9.65. The van der Waals surface area contributed by atoms with Gasteiger partial charge in [-0.1, -0.05) is 35.7 Å². The smallest absolute Gasteiger partial charge is 0.325 e. The number of hydrogen-bond acceptors (Lipinski definition) is 4. The zero-order chi connectivity index (χ0) is 19.6. The monoisotopic (exact) mass is 438 g/mol. The first kappa shape index (κ1) is 20.0. The van der Waals surface area contributed by atoms with Crippen LogP contribution < -0.4 is 14.8 Å². The van der Waals surface area contributed by atoms with E-state index in [4.69, 9.17) is 9.47 Å². The van der Waals surface area contributed by atoms with Crippen LogP contribution in [0.25, 0.3) is 0 Å². The maximum atomic E-state index is 13.2. The number of halogens is 1. The van der Waals surface area contributed by atoms with Crippen LogP contribution in [0.2, 0.25) is 0 Å². The van der Waals surface area contributed by atoms with E-state index in [0.717, 1.165) is 29.3 Å². The lowest BCUT2D eigenvalue weighted by Gasteiger charge is -2.36. The van der Waals surface area contributed by atoms with Gasteiger partial charge in [0.1, 0.15) is 5.54 Å². The summed E-state index contributed by atoms with van der Waals surface area (Å²) in [7, 11) is 0. The molecule has 1 saturated carbocycles. The van der Waals surface area contributed by atoms with Gasteiger partial charge in [0.05, 0.1) is 19.8 Å². The summed E-state index contributed by atoms with van der Waals surface area (Å²) in [5.74, 6) is 1.30. The maximum Gasteiger partial charge on any atom is 0.325 e. The van der Waals surface area contributed by atoms with Gasteiger partial charge in [0.15, 0.2) is 11.5 Å². The number of benzene rings is 1. The van der Waals surface area contributed by atoms with Gasteiger partial charge >= 0.3 is 6.03 Å². The van der Waals surface area contributed by atoms with E-state index < -0.39 is 5.54 Å². The van der Waals surface area contributed by atoms with Crippen molar-refractivity contribution >= 4 is 27.9 Å². The molecule has 1 heterocycles. The molecule has 2 aliphatic rings. The summed E-state index contributed by atoms with van der Waals surface area (Å²) in [6.07, 6.45) is 3.74. The normalized spacial score (nSPS) is 25.0. The molecule has 7 heteroatoms. The SMILES string of the molecule is CCOc1cc(Br)c(CN2C(=O)N[C@]3(CCCC[C@@H]3C)C2=O)cc1OCC. The topological polar surface area (TPSA) is 67.9 Å². The van der Waals surface area contributed by atoms with Gasteiger partial charge in [0.25, 0.3) is 5.91 Å². The fraction of sp³-hybridized carbons (Fsp3) is 0.600. The molecule has 1 aliphatic carbocycles. The van der Waals surface area contributed by atoms with Crippen molar-refractivity contribution < 1.29 is 19.1 Å². The molecule has 2 atom stereocenters. The molecule has 0 aromatic heterocycles. The number of carbonyl (C=O) groups excluding carboxylic acids is 2. The van der Waals surface area contributed by atoms with Crippen LogP contribution in [0.15, 0.2) is 16.6 Å². The van der Waals surface area contributed by atoms with Crippen LogP contribution >= 0.6 is 15.9 Å². The van der Waals surface area contributed by atoms with Crippen LogP contribution in [-0.2, 0) is 11.3 Å². The van der Waals surface area contributed by atoms with Crippen LogP contribution in [0.3, 0.4) is 0 Å². The van der Waals surface area contributed by atoms with Gasteiger partial charge in [-0.15, -0.1) is 0 Å². The quantitative estimate of drug-likeness (QED) is 0.674. The average Bonchev–Trinajstić information content (AvgIpc) is 2.86. The second-order valence-electron chi connectivity index (χ2n) is 7.20. The van der Waals surface area contributed by atoms with E-state index in [0.29, 0.717) is 31.1 Å². The molecule has 1 spiro atoms. The van der Waals surface area contributed by atoms with Crippen molar-refractivity contribution in [2.75, 3.05) is 13.2 Å². The molecule has 6 nitrogen and oxygen atoms in total. The highest BCUT2D eigenvalue weighted by Crippen LogP contribution is 2.40. The molecule has 1 aromatic rings. The van der Waals surface area contributed by atoms with Crippen molar-refractivity contribution in [3.05, 3.63) is 22.2 Å². The predicted octanol–water partition coefficient (Wildman–Crippen LogP) is 4.25. The number of rotatable bonds is 6. The summed E-state index contributed by atoms with van der Waals surface area (Å²) in [6, 6.07) is 3.36. The van der Waals surface area contributed by atoms with Gasteiger partial charge < -0.3 is 14.8 Å². The first-order valence-corrected chi connectivity index (χ1v) is 10.4. The van der Waals surface area contributed by atoms with Gasteiger partial charge in [-0.3, -0.25) is 9.69 Å². The second kappa shape index (κ2) is 8.09. The molecule has 0 bridgehead atoms. The van der Waals surface area contributed by atoms with Crippen molar-refractivity contribution in [3.8, 4) is 11.5 Å². The molecule has 0 unspecified atom stereocenters. The summed E-state index contributed by atoms with van der Waals surface area (Å²) in [4.78, 5) is 27.1.